The molecule has 0 amide bonds. The van der Waals surface area contributed by atoms with Crippen LogP contribution >= 0.6 is 0 Å². The summed E-state index contributed by atoms with van der Waals surface area (Å²) >= 11 is 0. The lowest BCUT2D eigenvalue weighted by atomic mass is 9.92. The number of hydrogen-bond donors (Lipinski definition) is 2. The van der Waals surface area contributed by atoms with E-state index < -0.39 is 76.4 Å². The first-order valence-electron chi connectivity index (χ1n) is 18.1. The number of hydrogen-bond acceptors (Lipinski definition) is 9. The van der Waals surface area contributed by atoms with Crippen molar-refractivity contribution in [2.24, 2.45) is 0 Å². The summed E-state index contributed by atoms with van der Waals surface area (Å²) in [5.74, 6) is -4.99. The normalized spacial score (nSPS) is 14.5. The van der Waals surface area contributed by atoms with Crippen LogP contribution in [0.4, 0.5) is 26.3 Å². The number of esters is 3. The van der Waals surface area contributed by atoms with Gasteiger partial charge in [0.05, 0.1) is 19.4 Å². The topological polar surface area (TPSA) is 156 Å². The third-order valence-electron chi connectivity index (χ3n) is 8.34. The molecule has 0 aliphatic heterocycles. The van der Waals surface area contributed by atoms with Crippen molar-refractivity contribution in [3.63, 3.8) is 0 Å². The number of aliphatic hydroxyl groups is 1. The van der Waals surface area contributed by atoms with Crippen LogP contribution in [0.15, 0.2) is 60.9 Å². The lowest BCUT2D eigenvalue weighted by Gasteiger charge is -2.31. The van der Waals surface area contributed by atoms with Gasteiger partial charge >= 0.3 is 36.2 Å². The first kappa shape index (κ1) is 47.3. The molecule has 0 saturated heterocycles. The highest BCUT2D eigenvalue weighted by molar-refractivity contribution is 5.93. The fraction of sp³-hybridized carbons (Fsp3) is 0.500. The maximum Gasteiger partial charge on any atom is 0.432 e. The van der Waals surface area contributed by atoms with Crippen LogP contribution in [0.5, 0.6) is 0 Å². The molecular formula is C40H48F6N2O10. The molecule has 320 valence electrons. The number of ether oxygens (including phenoxy) is 4. The fourth-order valence-electron chi connectivity index (χ4n) is 6.08. The van der Waals surface area contributed by atoms with Gasteiger partial charge in [0.1, 0.15) is 11.2 Å². The van der Waals surface area contributed by atoms with Gasteiger partial charge in [-0.1, -0.05) is 36.4 Å². The molecule has 0 radical (unpaired) electrons. The van der Waals surface area contributed by atoms with E-state index in [0.717, 1.165) is 12.4 Å². The molecule has 2 aromatic heterocycles. The minimum absolute atomic E-state index is 0.00614. The molecule has 0 fully saturated rings. The van der Waals surface area contributed by atoms with Gasteiger partial charge in [-0.2, -0.15) is 26.3 Å². The highest BCUT2D eigenvalue weighted by atomic mass is 19.4. The minimum atomic E-state index is -5.31. The molecule has 2 heterocycles. The largest absolute Gasteiger partial charge is 0.479 e. The van der Waals surface area contributed by atoms with E-state index in [9.17, 15) is 55.7 Å². The molecule has 0 spiro atoms. The van der Waals surface area contributed by atoms with Crippen molar-refractivity contribution in [3.8, 4) is 0 Å². The van der Waals surface area contributed by atoms with Gasteiger partial charge in [0.2, 0.25) is 0 Å². The number of fused-ring (bicyclic) bond motifs is 2. The Hall–Kier alpha value is -5.10. The Bertz CT molecular complexity index is 2090. The quantitative estimate of drug-likeness (QED) is 0.0771. The van der Waals surface area contributed by atoms with Crippen LogP contribution in [0.2, 0.25) is 0 Å². The van der Waals surface area contributed by atoms with Crippen molar-refractivity contribution >= 4 is 45.7 Å². The molecular weight excluding hydrogens is 782 g/mol. The highest BCUT2D eigenvalue weighted by Crippen LogP contribution is 2.46. The van der Waals surface area contributed by atoms with Crippen molar-refractivity contribution in [3.05, 3.63) is 72.1 Å². The van der Waals surface area contributed by atoms with E-state index in [0.29, 0.717) is 11.0 Å². The van der Waals surface area contributed by atoms with Crippen molar-refractivity contribution in [2.75, 3.05) is 13.2 Å². The average Bonchev–Trinajstić information content (AvgIpc) is 3.65. The monoisotopic (exact) mass is 830 g/mol. The van der Waals surface area contributed by atoms with Crippen molar-refractivity contribution in [1.82, 2.24) is 9.13 Å². The van der Waals surface area contributed by atoms with E-state index in [1.165, 1.54) is 53.3 Å². The van der Waals surface area contributed by atoms with Crippen molar-refractivity contribution in [1.29, 1.82) is 0 Å². The average molecular weight is 831 g/mol. The first-order chi connectivity index (χ1) is 26.6. The molecule has 2 N–H and O–H groups in total. The number of aromatic nitrogens is 2. The van der Waals surface area contributed by atoms with E-state index in [1.807, 2.05) is 0 Å². The summed E-state index contributed by atoms with van der Waals surface area (Å²) in [6.45, 7) is 12.1. The number of para-hydroxylation sites is 2. The molecule has 12 nitrogen and oxygen atoms in total. The summed E-state index contributed by atoms with van der Waals surface area (Å²) in [6.07, 6.45) is -8.57. The van der Waals surface area contributed by atoms with Gasteiger partial charge in [-0.25, -0.2) is 9.59 Å². The zero-order valence-electron chi connectivity index (χ0n) is 33.3. The Balaban J connectivity index is 0.000000310. The van der Waals surface area contributed by atoms with Crippen LogP contribution in [0, 0.1) is 0 Å². The van der Waals surface area contributed by atoms with Gasteiger partial charge in [0, 0.05) is 65.0 Å². The molecule has 2 aromatic carbocycles. The third-order valence-corrected chi connectivity index (χ3v) is 8.34. The second-order valence-corrected chi connectivity index (χ2v) is 15.0. The third kappa shape index (κ3) is 10.5. The van der Waals surface area contributed by atoms with Crippen LogP contribution in [-0.2, 0) is 62.4 Å². The summed E-state index contributed by atoms with van der Waals surface area (Å²) in [4.78, 5) is 47.9. The number of aryl methyl sites for hydroxylation is 2. The van der Waals surface area contributed by atoms with E-state index in [2.05, 4.69) is 4.74 Å². The Labute approximate surface area is 330 Å². The molecule has 4 rings (SSSR count). The Morgan fingerprint density at radius 3 is 1.41 bits per heavy atom. The number of rotatable bonds is 13. The number of alkyl halides is 6. The van der Waals surface area contributed by atoms with Crippen molar-refractivity contribution in [2.45, 2.75) is 116 Å². The van der Waals surface area contributed by atoms with Crippen molar-refractivity contribution < 1.29 is 74.7 Å². The van der Waals surface area contributed by atoms with Crippen LogP contribution in [0.25, 0.3) is 21.8 Å². The van der Waals surface area contributed by atoms with Gasteiger partial charge < -0.3 is 38.3 Å². The zero-order chi connectivity index (χ0) is 44.1. The number of carboxylic acid groups (broad SMARTS) is 1. The molecule has 4 aromatic rings. The summed E-state index contributed by atoms with van der Waals surface area (Å²) in [5.41, 5.74) is -9.22. The molecule has 0 aliphatic carbocycles. The van der Waals surface area contributed by atoms with Gasteiger partial charge in [0.25, 0.3) is 11.2 Å². The molecule has 0 bridgehead atoms. The molecule has 0 saturated carbocycles. The Morgan fingerprint density at radius 2 is 1.05 bits per heavy atom. The van der Waals surface area contributed by atoms with Crippen LogP contribution in [-0.4, -0.2) is 80.0 Å². The number of carboxylic acids is 1. The summed E-state index contributed by atoms with van der Waals surface area (Å²) in [5, 5.41) is 20.1. The van der Waals surface area contributed by atoms with Gasteiger partial charge in [-0.3, -0.25) is 9.59 Å². The summed E-state index contributed by atoms with van der Waals surface area (Å²) in [7, 11) is 0. The Morgan fingerprint density at radius 1 is 0.638 bits per heavy atom. The van der Waals surface area contributed by atoms with Crippen LogP contribution in [0.3, 0.4) is 0 Å². The maximum atomic E-state index is 13.9. The second-order valence-electron chi connectivity index (χ2n) is 15.0. The predicted molar refractivity (Wildman–Crippen MR) is 198 cm³/mol. The zero-order valence-corrected chi connectivity index (χ0v) is 33.3. The van der Waals surface area contributed by atoms with Crippen LogP contribution in [0.1, 0.15) is 79.4 Å². The highest BCUT2D eigenvalue weighted by Gasteiger charge is 2.65. The summed E-state index contributed by atoms with van der Waals surface area (Å²) < 4.78 is 106. The smallest absolute Gasteiger partial charge is 0.432 e. The first-order valence-corrected chi connectivity index (χ1v) is 18.1. The SMILES string of the molecule is CCOC(=O)C(O)(c1cn(CCC(=O)OC(C)(C)C)c2ccccc12)C(F)(F)F.CCOC(C(=O)O)(c1cn(CCC(=O)OC(C)(C)C)c2ccccc12)C(F)(F)F. The van der Waals surface area contributed by atoms with E-state index >= 15 is 0 Å². The predicted octanol–water partition coefficient (Wildman–Crippen LogP) is 7.94. The molecule has 18 heteroatoms. The number of carbonyl (C=O) groups excluding carboxylic acids is 3. The maximum absolute atomic E-state index is 13.9. The number of benzene rings is 2. The van der Waals surface area contributed by atoms with Gasteiger partial charge in [0.15, 0.2) is 0 Å². The number of halogens is 6. The number of carbonyl (C=O) groups is 4. The standard InChI is InChI=1S/2C20H24F3NO5/c1-5-28-17(26)19(27,20(21,22)23)14-12-24(15-9-7-6-8-13(14)15)11-10-16(25)29-18(2,3)4;1-5-28-19(17(26)27,20(21,22)23)14-12-24(15-9-7-6-8-13(14)15)11-10-16(25)29-18(2,3)4/h6-9,12,27H,5,10-11H2,1-4H3;6-9,12H,5,10-11H2,1-4H3,(H,26,27). The second kappa shape index (κ2) is 17.8. The lowest BCUT2D eigenvalue weighted by molar-refractivity contribution is -0.279. The number of nitrogens with zero attached hydrogens (tertiary/aromatic N) is 2. The molecule has 2 atom stereocenters. The van der Waals surface area contributed by atoms with Crippen LogP contribution < -0.4 is 0 Å². The fourth-order valence-corrected chi connectivity index (χ4v) is 6.08. The van der Waals surface area contributed by atoms with E-state index in [1.54, 1.807) is 59.7 Å². The number of aliphatic carboxylic acids is 1. The van der Waals surface area contributed by atoms with Gasteiger partial charge in [-0.15, -0.1) is 0 Å². The summed E-state index contributed by atoms with van der Waals surface area (Å²) in [6, 6.07) is 12.1. The van der Waals surface area contributed by atoms with E-state index in [4.69, 9.17) is 14.2 Å². The molecule has 0 aliphatic rings. The molecule has 2 unspecified atom stereocenters. The Kier molecular flexibility index (Phi) is 14.5. The van der Waals surface area contributed by atoms with Gasteiger partial charge in [-0.05, 0) is 67.5 Å². The molecule has 58 heavy (non-hydrogen) atoms. The minimum Gasteiger partial charge on any atom is -0.479 e. The lowest BCUT2D eigenvalue weighted by Crippen LogP contribution is -2.51. The van der Waals surface area contributed by atoms with E-state index in [-0.39, 0.29) is 43.3 Å².